The fraction of sp³-hybridized carbons (Fsp3) is 0.556. The van der Waals surface area contributed by atoms with Crippen molar-refractivity contribution >= 4 is 6.08 Å². The first kappa shape index (κ1) is 13.8. The first-order valence-corrected chi connectivity index (χ1v) is 8.19. The van der Waals surface area contributed by atoms with Gasteiger partial charge < -0.3 is 5.11 Å². The highest BCUT2D eigenvalue weighted by Crippen LogP contribution is 2.60. The summed E-state index contributed by atoms with van der Waals surface area (Å²) in [4.78, 5) is 10.0. The Morgan fingerprint density at radius 3 is 2.27 bits per heavy atom. The van der Waals surface area contributed by atoms with Gasteiger partial charge in [-0.1, -0.05) is 6.07 Å². The lowest BCUT2D eigenvalue weighted by Crippen LogP contribution is -2.48. The lowest BCUT2D eigenvalue weighted by molar-refractivity contribution is -0.400. The van der Waals surface area contributed by atoms with Crippen LogP contribution in [0.3, 0.4) is 0 Å². The van der Waals surface area contributed by atoms with Crippen molar-refractivity contribution < 1.29 is 10.0 Å². The van der Waals surface area contributed by atoms with Gasteiger partial charge in [0.05, 0.1) is 4.92 Å². The van der Waals surface area contributed by atoms with E-state index in [-0.39, 0.29) is 11.2 Å². The summed E-state index contributed by atoms with van der Waals surface area (Å²) in [6, 6.07) is 5.71. The molecule has 4 fully saturated rings. The van der Waals surface area contributed by atoms with E-state index in [1.165, 1.54) is 50.2 Å². The van der Waals surface area contributed by atoms with Crippen LogP contribution in [0, 0.1) is 27.9 Å². The summed E-state index contributed by atoms with van der Waals surface area (Å²) >= 11 is 0. The fourth-order valence-corrected chi connectivity index (χ4v) is 5.62. The fourth-order valence-electron chi connectivity index (χ4n) is 5.62. The van der Waals surface area contributed by atoms with Crippen LogP contribution in [0.2, 0.25) is 0 Å². The number of nitrogens with zero attached hydrogens (tertiary/aromatic N) is 1. The molecule has 22 heavy (non-hydrogen) atoms. The number of hydrogen-bond donors (Lipinski definition) is 1. The smallest absolute Gasteiger partial charge is 0.235 e. The van der Waals surface area contributed by atoms with Gasteiger partial charge in [0.2, 0.25) is 6.20 Å². The Morgan fingerprint density at radius 1 is 1.14 bits per heavy atom. The standard InChI is InChI=1S/C18H21NO3/c20-17-2-1-16(8-15(17)3-4-19(21)22)18-9-12-5-13(10-18)7-14(6-12)11-18/h1-4,8,12-14,20H,5-7,9-11H2. The largest absolute Gasteiger partial charge is 0.507 e. The quantitative estimate of drug-likeness (QED) is 0.675. The van der Waals surface area contributed by atoms with E-state index < -0.39 is 4.92 Å². The average molecular weight is 299 g/mol. The summed E-state index contributed by atoms with van der Waals surface area (Å²) in [6.45, 7) is 0. The molecule has 5 rings (SSSR count). The molecule has 0 saturated heterocycles. The third-order valence-corrected chi connectivity index (χ3v) is 6.05. The van der Waals surface area contributed by atoms with Gasteiger partial charge in [0.25, 0.3) is 0 Å². The van der Waals surface area contributed by atoms with Crippen LogP contribution in [0.15, 0.2) is 24.4 Å². The Bertz CT molecular complexity index is 614. The molecule has 4 aliphatic rings. The maximum absolute atomic E-state index is 10.5. The van der Waals surface area contributed by atoms with Gasteiger partial charge in [0.15, 0.2) is 0 Å². The van der Waals surface area contributed by atoms with Gasteiger partial charge in [0, 0.05) is 11.6 Å². The molecule has 4 bridgehead atoms. The van der Waals surface area contributed by atoms with Crippen LogP contribution in [-0.4, -0.2) is 10.0 Å². The Kier molecular flexibility index (Phi) is 3.03. The van der Waals surface area contributed by atoms with Gasteiger partial charge in [-0.3, -0.25) is 10.1 Å². The molecule has 0 amide bonds. The topological polar surface area (TPSA) is 63.4 Å². The van der Waals surface area contributed by atoms with Gasteiger partial charge >= 0.3 is 0 Å². The number of phenolic OH excluding ortho intramolecular Hbond substituents is 1. The molecule has 0 unspecified atom stereocenters. The minimum atomic E-state index is -0.489. The Labute approximate surface area is 130 Å². The maximum Gasteiger partial charge on any atom is 0.235 e. The molecule has 1 N–H and O–H groups in total. The highest BCUT2D eigenvalue weighted by Gasteiger charge is 2.51. The molecular formula is C18H21NO3. The van der Waals surface area contributed by atoms with Crippen LogP contribution < -0.4 is 0 Å². The molecule has 4 heteroatoms. The molecule has 0 heterocycles. The van der Waals surface area contributed by atoms with Gasteiger partial charge in [-0.15, -0.1) is 0 Å². The van der Waals surface area contributed by atoms with Crippen LogP contribution in [-0.2, 0) is 5.41 Å². The van der Waals surface area contributed by atoms with Crippen molar-refractivity contribution in [3.05, 3.63) is 45.6 Å². The third-order valence-electron chi connectivity index (χ3n) is 6.05. The van der Waals surface area contributed by atoms with E-state index in [1.54, 1.807) is 6.07 Å². The van der Waals surface area contributed by atoms with Crippen molar-refractivity contribution in [2.75, 3.05) is 0 Å². The zero-order valence-corrected chi connectivity index (χ0v) is 12.6. The molecule has 1 aromatic carbocycles. The van der Waals surface area contributed by atoms with Crippen LogP contribution >= 0.6 is 0 Å². The SMILES string of the molecule is O=[N+]([O-])C=Cc1cc(C23CC4CC(CC(C4)C2)C3)ccc1O. The predicted molar refractivity (Wildman–Crippen MR) is 84.0 cm³/mol. The van der Waals surface area contributed by atoms with Crippen LogP contribution in [0.4, 0.5) is 0 Å². The summed E-state index contributed by atoms with van der Waals surface area (Å²) in [6.07, 6.45) is 10.2. The molecule has 4 saturated carbocycles. The highest BCUT2D eigenvalue weighted by atomic mass is 16.6. The van der Waals surface area contributed by atoms with Crippen molar-refractivity contribution in [3.63, 3.8) is 0 Å². The van der Waals surface area contributed by atoms with E-state index in [0.29, 0.717) is 5.56 Å². The summed E-state index contributed by atoms with van der Waals surface area (Å²) in [5, 5.41) is 20.5. The first-order chi connectivity index (χ1) is 10.5. The summed E-state index contributed by atoms with van der Waals surface area (Å²) in [7, 11) is 0. The highest BCUT2D eigenvalue weighted by molar-refractivity contribution is 5.58. The third kappa shape index (κ3) is 2.21. The minimum Gasteiger partial charge on any atom is -0.507 e. The van der Waals surface area contributed by atoms with Crippen molar-refractivity contribution in [3.8, 4) is 5.75 Å². The minimum absolute atomic E-state index is 0.117. The molecule has 1 aromatic rings. The van der Waals surface area contributed by atoms with E-state index in [4.69, 9.17) is 0 Å². The maximum atomic E-state index is 10.5. The second kappa shape index (κ2) is 4.83. The number of rotatable bonds is 3. The van der Waals surface area contributed by atoms with Gasteiger partial charge in [-0.25, -0.2) is 0 Å². The second-order valence-corrected chi connectivity index (χ2v) is 7.57. The normalized spacial score (nSPS) is 36.1. The lowest BCUT2D eigenvalue weighted by Gasteiger charge is -2.57. The first-order valence-electron chi connectivity index (χ1n) is 8.19. The van der Waals surface area contributed by atoms with Crippen molar-refractivity contribution in [1.82, 2.24) is 0 Å². The van der Waals surface area contributed by atoms with Crippen molar-refractivity contribution in [1.29, 1.82) is 0 Å². The Balaban J connectivity index is 1.70. The molecule has 0 atom stereocenters. The Hall–Kier alpha value is -1.84. The summed E-state index contributed by atoms with van der Waals surface area (Å²) < 4.78 is 0. The molecule has 0 radical (unpaired) electrons. The van der Waals surface area contributed by atoms with Gasteiger partial charge in [0.1, 0.15) is 5.75 Å². The van der Waals surface area contributed by atoms with Crippen LogP contribution in [0.25, 0.3) is 6.08 Å². The van der Waals surface area contributed by atoms with Crippen molar-refractivity contribution in [2.24, 2.45) is 17.8 Å². The van der Waals surface area contributed by atoms with Crippen LogP contribution in [0.1, 0.15) is 49.7 Å². The number of phenols is 1. The van der Waals surface area contributed by atoms with Gasteiger partial charge in [-0.2, -0.15) is 0 Å². The predicted octanol–water partition coefficient (Wildman–Crippen LogP) is 4.11. The number of aromatic hydroxyl groups is 1. The molecule has 4 nitrogen and oxygen atoms in total. The van der Waals surface area contributed by atoms with Gasteiger partial charge in [-0.05, 0) is 79.4 Å². The van der Waals surface area contributed by atoms with Crippen LogP contribution in [0.5, 0.6) is 5.75 Å². The molecule has 116 valence electrons. The molecule has 4 aliphatic carbocycles. The monoisotopic (exact) mass is 299 g/mol. The van der Waals surface area contributed by atoms with E-state index in [0.717, 1.165) is 24.0 Å². The van der Waals surface area contributed by atoms with E-state index >= 15 is 0 Å². The lowest BCUT2D eigenvalue weighted by atomic mass is 9.48. The zero-order chi connectivity index (χ0) is 15.3. The summed E-state index contributed by atoms with van der Waals surface area (Å²) in [5.41, 5.74) is 2.08. The molecule has 0 aliphatic heterocycles. The molecule has 0 spiro atoms. The van der Waals surface area contributed by atoms with E-state index in [2.05, 4.69) is 0 Å². The number of nitro groups is 1. The van der Waals surface area contributed by atoms with Crippen molar-refractivity contribution in [2.45, 2.75) is 43.9 Å². The second-order valence-electron chi connectivity index (χ2n) is 7.57. The van der Waals surface area contributed by atoms with E-state index in [9.17, 15) is 15.2 Å². The molecular weight excluding hydrogens is 278 g/mol. The number of benzene rings is 1. The molecule has 0 aromatic heterocycles. The van der Waals surface area contributed by atoms with E-state index in [1.807, 2.05) is 12.1 Å². The zero-order valence-electron chi connectivity index (χ0n) is 12.6. The summed E-state index contributed by atoms with van der Waals surface area (Å²) in [5.74, 6) is 2.69. The average Bonchev–Trinajstić information content (AvgIpc) is 2.44. The number of hydrogen-bond acceptors (Lipinski definition) is 3. The Morgan fingerprint density at radius 2 is 1.73 bits per heavy atom.